The average molecular weight is 192 g/mol. The lowest BCUT2D eigenvalue weighted by atomic mass is 10.2. The van der Waals surface area contributed by atoms with E-state index in [1.54, 1.807) is 12.1 Å². The molecule has 0 aliphatic heterocycles. The summed E-state index contributed by atoms with van der Waals surface area (Å²) in [5.74, 6) is -0.415. The number of carboxylic acids is 1. The minimum atomic E-state index is -0.922. The Morgan fingerprint density at radius 3 is 2.83 bits per heavy atom. The molecule has 1 aromatic rings. The molecule has 1 rings (SSSR count). The molecule has 68 valence electrons. The molecule has 1 heterocycles. The molecular weight excluding hydrogens is 182 g/mol. The third-order valence-electron chi connectivity index (χ3n) is 1.30. The number of furan rings is 1. The fraction of sp³-hybridized carbons (Fsp3) is 0.286. The molecule has 0 saturated heterocycles. The van der Waals surface area contributed by atoms with Crippen molar-refractivity contribution >= 4 is 18.4 Å². The Morgan fingerprint density at radius 1 is 1.75 bits per heavy atom. The summed E-state index contributed by atoms with van der Waals surface area (Å²) in [6.45, 7) is 0. The number of hydrogen-bond acceptors (Lipinski definition) is 3. The molecular formula is C7H10ClNO3. The van der Waals surface area contributed by atoms with Crippen LogP contribution >= 0.6 is 12.4 Å². The van der Waals surface area contributed by atoms with Gasteiger partial charge in [-0.3, -0.25) is 4.79 Å². The molecule has 0 fully saturated rings. The number of halogens is 1. The van der Waals surface area contributed by atoms with Gasteiger partial charge in [-0.25, -0.2) is 0 Å². The van der Waals surface area contributed by atoms with Gasteiger partial charge in [-0.15, -0.1) is 12.4 Å². The molecule has 0 aromatic carbocycles. The SMILES string of the molecule is Cl.N[C@H](CC(=O)O)c1ccco1. The van der Waals surface area contributed by atoms with Crippen molar-refractivity contribution in [1.82, 2.24) is 0 Å². The van der Waals surface area contributed by atoms with Crippen molar-refractivity contribution in [2.24, 2.45) is 5.73 Å². The van der Waals surface area contributed by atoms with Crippen molar-refractivity contribution in [1.29, 1.82) is 0 Å². The van der Waals surface area contributed by atoms with Crippen LogP contribution in [0.15, 0.2) is 22.8 Å². The van der Waals surface area contributed by atoms with Crippen molar-refractivity contribution in [3.05, 3.63) is 24.2 Å². The van der Waals surface area contributed by atoms with Crippen LogP contribution in [0, 0.1) is 0 Å². The first kappa shape index (κ1) is 11.0. The Hall–Kier alpha value is -1.00. The molecule has 0 amide bonds. The Morgan fingerprint density at radius 2 is 2.42 bits per heavy atom. The van der Waals surface area contributed by atoms with Gasteiger partial charge in [0, 0.05) is 0 Å². The largest absolute Gasteiger partial charge is 0.481 e. The van der Waals surface area contributed by atoms with E-state index in [0.29, 0.717) is 5.76 Å². The van der Waals surface area contributed by atoms with E-state index >= 15 is 0 Å². The topological polar surface area (TPSA) is 76.5 Å². The van der Waals surface area contributed by atoms with Crippen molar-refractivity contribution < 1.29 is 14.3 Å². The van der Waals surface area contributed by atoms with E-state index in [4.69, 9.17) is 15.3 Å². The Kier molecular flexibility index (Phi) is 4.39. The third-order valence-corrected chi connectivity index (χ3v) is 1.30. The first-order valence-electron chi connectivity index (χ1n) is 3.21. The van der Waals surface area contributed by atoms with Crippen LogP contribution in [0.1, 0.15) is 18.2 Å². The van der Waals surface area contributed by atoms with Gasteiger partial charge in [0.05, 0.1) is 18.7 Å². The van der Waals surface area contributed by atoms with E-state index in [9.17, 15) is 4.79 Å². The molecule has 0 aliphatic carbocycles. The van der Waals surface area contributed by atoms with Crippen LogP contribution in [-0.4, -0.2) is 11.1 Å². The van der Waals surface area contributed by atoms with Gasteiger partial charge in [-0.1, -0.05) is 0 Å². The fourth-order valence-electron chi connectivity index (χ4n) is 0.791. The third kappa shape index (κ3) is 2.94. The predicted molar refractivity (Wildman–Crippen MR) is 45.1 cm³/mol. The van der Waals surface area contributed by atoms with Crippen LogP contribution in [0.4, 0.5) is 0 Å². The highest BCUT2D eigenvalue weighted by Crippen LogP contribution is 2.13. The van der Waals surface area contributed by atoms with Crippen LogP contribution in [0.3, 0.4) is 0 Å². The zero-order valence-corrected chi connectivity index (χ0v) is 7.08. The summed E-state index contributed by atoms with van der Waals surface area (Å²) >= 11 is 0. The van der Waals surface area contributed by atoms with Gasteiger partial charge in [0.25, 0.3) is 0 Å². The highest BCUT2D eigenvalue weighted by atomic mass is 35.5. The fourth-order valence-corrected chi connectivity index (χ4v) is 0.791. The highest BCUT2D eigenvalue weighted by molar-refractivity contribution is 5.85. The molecule has 0 aliphatic rings. The van der Waals surface area contributed by atoms with Crippen molar-refractivity contribution in [3.8, 4) is 0 Å². The average Bonchev–Trinajstić information content (AvgIpc) is 2.35. The zero-order valence-electron chi connectivity index (χ0n) is 6.27. The van der Waals surface area contributed by atoms with Crippen LogP contribution in [0.25, 0.3) is 0 Å². The van der Waals surface area contributed by atoms with Gasteiger partial charge in [-0.2, -0.15) is 0 Å². The lowest BCUT2D eigenvalue weighted by molar-refractivity contribution is -0.137. The second-order valence-corrected chi connectivity index (χ2v) is 2.22. The van der Waals surface area contributed by atoms with E-state index in [-0.39, 0.29) is 18.8 Å². The summed E-state index contributed by atoms with van der Waals surface area (Å²) in [5.41, 5.74) is 5.47. The maximum atomic E-state index is 10.2. The summed E-state index contributed by atoms with van der Waals surface area (Å²) < 4.78 is 4.91. The molecule has 1 aromatic heterocycles. The maximum absolute atomic E-state index is 10.2. The van der Waals surface area contributed by atoms with Gasteiger partial charge in [0.2, 0.25) is 0 Å². The molecule has 1 atom stereocenters. The number of hydrogen-bond donors (Lipinski definition) is 2. The molecule has 0 radical (unpaired) electrons. The molecule has 12 heavy (non-hydrogen) atoms. The van der Waals surface area contributed by atoms with Crippen LogP contribution in [0.2, 0.25) is 0 Å². The number of carboxylic acid groups (broad SMARTS) is 1. The van der Waals surface area contributed by atoms with E-state index in [0.717, 1.165) is 0 Å². The van der Waals surface area contributed by atoms with E-state index in [1.165, 1.54) is 6.26 Å². The molecule has 0 saturated carbocycles. The number of carbonyl (C=O) groups is 1. The Labute approximate surface area is 75.8 Å². The molecule has 3 N–H and O–H groups in total. The Balaban J connectivity index is 0.00000121. The van der Waals surface area contributed by atoms with E-state index in [2.05, 4.69) is 0 Å². The minimum absolute atomic E-state index is 0. The monoisotopic (exact) mass is 191 g/mol. The lowest BCUT2D eigenvalue weighted by Crippen LogP contribution is -2.13. The van der Waals surface area contributed by atoms with Gasteiger partial charge < -0.3 is 15.3 Å². The van der Waals surface area contributed by atoms with Crippen molar-refractivity contribution in [2.75, 3.05) is 0 Å². The minimum Gasteiger partial charge on any atom is -0.481 e. The molecule has 4 nitrogen and oxygen atoms in total. The predicted octanol–water partition coefficient (Wildman–Crippen LogP) is 1.18. The molecule has 0 spiro atoms. The summed E-state index contributed by atoms with van der Waals surface area (Å²) in [7, 11) is 0. The quantitative estimate of drug-likeness (QED) is 0.752. The van der Waals surface area contributed by atoms with E-state index < -0.39 is 12.0 Å². The van der Waals surface area contributed by atoms with E-state index in [1.807, 2.05) is 0 Å². The smallest absolute Gasteiger partial charge is 0.305 e. The van der Waals surface area contributed by atoms with Crippen LogP contribution in [0.5, 0.6) is 0 Å². The van der Waals surface area contributed by atoms with Crippen LogP contribution in [-0.2, 0) is 4.79 Å². The second-order valence-electron chi connectivity index (χ2n) is 2.22. The number of rotatable bonds is 3. The normalized spacial score (nSPS) is 11.8. The summed E-state index contributed by atoms with van der Waals surface area (Å²) in [5, 5.41) is 8.36. The van der Waals surface area contributed by atoms with Crippen LogP contribution < -0.4 is 5.73 Å². The van der Waals surface area contributed by atoms with Gasteiger partial charge in [0.15, 0.2) is 0 Å². The first-order valence-corrected chi connectivity index (χ1v) is 3.21. The first-order chi connectivity index (χ1) is 5.20. The zero-order chi connectivity index (χ0) is 8.27. The summed E-state index contributed by atoms with van der Waals surface area (Å²) in [6, 6.07) is 2.80. The molecule has 5 heteroatoms. The van der Waals surface area contributed by atoms with Gasteiger partial charge >= 0.3 is 5.97 Å². The second kappa shape index (κ2) is 4.79. The van der Waals surface area contributed by atoms with Gasteiger partial charge in [-0.05, 0) is 12.1 Å². The number of nitrogens with two attached hydrogens (primary N) is 1. The molecule has 0 bridgehead atoms. The summed E-state index contributed by atoms with van der Waals surface area (Å²) in [4.78, 5) is 10.2. The highest BCUT2D eigenvalue weighted by Gasteiger charge is 2.11. The lowest BCUT2D eigenvalue weighted by Gasteiger charge is -2.03. The Bertz CT molecular complexity index is 235. The van der Waals surface area contributed by atoms with Gasteiger partial charge in [0.1, 0.15) is 5.76 Å². The van der Waals surface area contributed by atoms with Crippen molar-refractivity contribution in [3.63, 3.8) is 0 Å². The molecule has 0 unspecified atom stereocenters. The van der Waals surface area contributed by atoms with Crippen molar-refractivity contribution in [2.45, 2.75) is 12.5 Å². The summed E-state index contributed by atoms with van der Waals surface area (Å²) in [6.07, 6.45) is 1.37. The standard InChI is InChI=1S/C7H9NO3.ClH/c8-5(4-7(9)10)6-2-1-3-11-6;/h1-3,5H,4,8H2,(H,9,10);1H/t5-;/m1./s1. The maximum Gasteiger partial charge on any atom is 0.305 e. The number of aliphatic carboxylic acids is 1.